The molecule has 0 radical (unpaired) electrons. The molecule has 1 saturated heterocycles. The third-order valence-corrected chi connectivity index (χ3v) is 4.16. The summed E-state index contributed by atoms with van der Waals surface area (Å²) in [5.41, 5.74) is -0.0869. The van der Waals surface area contributed by atoms with Crippen LogP contribution < -0.4 is 0 Å². The van der Waals surface area contributed by atoms with Crippen LogP contribution in [-0.2, 0) is 0 Å². The van der Waals surface area contributed by atoms with Gasteiger partial charge in [-0.15, -0.1) is 0 Å². The summed E-state index contributed by atoms with van der Waals surface area (Å²) >= 11 is 0. The molecule has 1 aromatic heterocycles. The maximum absolute atomic E-state index is 12.8. The van der Waals surface area contributed by atoms with Gasteiger partial charge in [0.2, 0.25) is 0 Å². The fraction of sp³-hybridized carbons (Fsp3) is 0.733. The van der Waals surface area contributed by atoms with Gasteiger partial charge in [0.25, 0.3) is 5.91 Å². The monoisotopic (exact) mass is 315 g/mol. The molecular formula is C15H23F2N3O2. The lowest BCUT2D eigenvalue weighted by atomic mass is 9.87. The highest BCUT2D eigenvalue weighted by molar-refractivity contribution is 5.92. The van der Waals surface area contributed by atoms with E-state index in [4.69, 9.17) is 0 Å². The second-order valence-electron chi connectivity index (χ2n) is 6.27. The van der Waals surface area contributed by atoms with Crippen molar-refractivity contribution in [3.63, 3.8) is 0 Å². The van der Waals surface area contributed by atoms with E-state index in [1.54, 1.807) is 4.90 Å². The Kier molecular flexibility index (Phi) is 5.50. The Bertz CT molecular complexity index is 497. The molecule has 1 aromatic rings. The lowest BCUT2D eigenvalue weighted by Crippen LogP contribution is -2.42. The number of aromatic nitrogens is 2. The quantitative estimate of drug-likeness (QED) is 0.908. The molecule has 7 heteroatoms. The van der Waals surface area contributed by atoms with E-state index in [1.165, 1.54) is 12.3 Å². The first kappa shape index (κ1) is 16.9. The molecule has 0 bridgehead atoms. The number of likely N-dealkylation sites (tertiary alicyclic amines) is 1. The van der Waals surface area contributed by atoms with Crippen LogP contribution in [-0.4, -0.2) is 44.9 Å². The summed E-state index contributed by atoms with van der Waals surface area (Å²) in [6.45, 7) is 2.26. The second-order valence-corrected chi connectivity index (χ2v) is 6.27. The Labute approximate surface area is 128 Å². The Hall–Kier alpha value is -1.50. The highest BCUT2D eigenvalue weighted by Gasteiger charge is 2.30. The van der Waals surface area contributed by atoms with Gasteiger partial charge in [0.1, 0.15) is 5.69 Å². The van der Waals surface area contributed by atoms with Gasteiger partial charge in [-0.3, -0.25) is 4.79 Å². The molecule has 1 atom stereocenters. The van der Waals surface area contributed by atoms with Crippen LogP contribution >= 0.6 is 0 Å². The predicted molar refractivity (Wildman–Crippen MR) is 77.6 cm³/mol. The molecule has 1 aliphatic rings. The van der Waals surface area contributed by atoms with Crippen LogP contribution in [0.15, 0.2) is 12.3 Å². The van der Waals surface area contributed by atoms with Crippen LogP contribution in [0.25, 0.3) is 0 Å². The fourth-order valence-electron chi connectivity index (χ4n) is 2.96. The van der Waals surface area contributed by atoms with Crippen molar-refractivity contribution in [3.05, 3.63) is 18.0 Å². The molecule has 1 unspecified atom stereocenters. The molecule has 1 fully saturated rings. The number of nitrogens with zero attached hydrogens (tertiary/aromatic N) is 3. The Morgan fingerprint density at radius 1 is 1.41 bits per heavy atom. The van der Waals surface area contributed by atoms with Crippen molar-refractivity contribution >= 4 is 5.91 Å². The highest BCUT2D eigenvalue weighted by Crippen LogP contribution is 2.25. The van der Waals surface area contributed by atoms with Crippen molar-refractivity contribution in [1.29, 1.82) is 0 Å². The number of aliphatic hydroxyl groups excluding tert-OH is 1. The van der Waals surface area contributed by atoms with E-state index in [9.17, 15) is 18.7 Å². The third-order valence-electron chi connectivity index (χ3n) is 4.16. The first-order valence-electron chi connectivity index (χ1n) is 7.69. The number of amides is 1. The van der Waals surface area contributed by atoms with Crippen molar-refractivity contribution in [1.82, 2.24) is 14.7 Å². The molecular weight excluding hydrogens is 292 g/mol. The zero-order valence-corrected chi connectivity index (χ0v) is 13.0. The van der Waals surface area contributed by atoms with Crippen molar-refractivity contribution in [2.75, 3.05) is 13.1 Å². The molecule has 0 spiro atoms. The topological polar surface area (TPSA) is 58.4 Å². The normalized spacial score (nSPS) is 18.2. The molecule has 0 saturated carbocycles. The fourth-order valence-corrected chi connectivity index (χ4v) is 2.96. The van der Waals surface area contributed by atoms with E-state index in [0.29, 0.717) is 36.5 Å². The molecule has 2 rings (SSSR count). The van der Waals surface area contributed by atoms with E-state index < -0.39 is 12.5 Å². The first-order chi connectivity index (χ1) is 10.4. The average Bonchev–Trinajstić information content (AvgIpc) is 2.95. The number of rotatable bonds is 5. The molecule has 5 nitrogen and oxygen atoms in total. The molecule has 0 aliphatic carbocycles. The van der Waals surface area contributed by atoms with Crippen LogP contribution in [0.1, 0.15) is 50.1 Å². The van der Waals surface area contributed by atoms with Crippen LogP contribution in [0, 0.1) is 11.8 Å². The second kappa shape index (κ2) is 7.17. The van der Waals surface area contributed by atoms with E-state index in [2.05, 4.69) is 18.9 Å². The molecule has 124 valence electrons. The van der Waals surface area contributed by atoms with E-state index in [1.807, 2.05) is 0 Å². The van der Waals surface area contributed by atoms with Crippen LogP contribution in [0.3, 0.4) is 0 Å². The molecule has 1 amide bonds. The summed E-state index contributed by atoms with van der Waals surface area (Å²) in [4.78, 5) is 13.9. The van der Waals surface area contributed by atoms with Gasteiger partial charge in [-0.1, -0.05) is 13.8 Å². The lowest BCUT2D eigenvalue weighted by Gasteiger charge is -2.34. The summed E-state index contributed by atoms with van der Waals surface area (Å²) in [6, 6.07) is 1.31. The van der Waals surface area contributed by atoms with Crippen molar-refractivity contribution in [2.24, 2.45) is 11.8 Å². The number of piperidine rings is 1. The SMILES string of the molecule is CC(C)CC(O)C1CCN(C(=O)c2ccnn2C(F)F)CC1. The molecule has 1 N–H and O–H groups in total. The molecule has 0 aromatic carbocycles. The van der Waals surface area contributed by atoms with E-state index in [-0.39, 0.29) is 17.7 Å². The molecule has 22 heavy (non-hydrogen) atoms. The Morgan fingerprint density at radius 3 is 2.59 bits per heavy atom. The number of halogens is 2. The van der Waals surface area contributed by atoms with Crippen molar-refractivity contribution in [2.45, 2.75) is 45.8 Å². The maximum Gasteiger partial charge on any atom is 0.333 e. The van der Waals surface area contributed by atoms with Gasteiger partial charge in [-0.2, -0.15) is 18.6 Å². The predicted octanol–water partition coefficient (Wildman–Crippen LogP) is 2.54. The van der Waals surface area contributed by atoms with Gasteiger partial charge < -0.3 is 10.0 Å². The Morgan fingerprint density at radius 2 is 2.05 bits per heavy atom. The number of hydrogen-bond acceptors (Lipinski definition) is 3. The van der Waals surface area contributed by atoms with Gasteiger partial charge >= 0.3 is 6.55 Å². The van der Waals surface area contributed by atoms with Gasteiger partial charge in [-0.05, 0) is 37.2 Å². The van der Waals surface area contributed by atoms with Gasteiger partial charge in [0.15, 0.2) is 0 Å². The smallest absolute Gasteiger partial charge is 0.333 e. The van der Waals surface area contributed by atoms with E-state index >= 15 is 0 Å². The minimum Gasteiger partial charge on any atom is -0.393 e. The Balaban J connectivity index is 1.94. The minimum atomic E-state index is -2.82. The largest absolute Gasteiger partial charge is 0.393 e. The summed E-state index contributed by atoms with van der Waals surface area (Å²) in [5, 5.41) is 13.6. The number of carbonyl (C=O) groups is 1. The zero-order chi connectivity index (χ0) is 16.3. The minimum absolute atomic E-state index is 0.0869. The summed E-state index contributed by atoms with van der Waals surface area (Å²) in [5.74, 6) is 0.177. The number of aliphatic hydroxyl groups is 1. The van der Waals surface area contributed by atoms with Crippen LogP contribution in [0.2, 0.25) is 0 Å². The van der Waals surface area contributed by atoms with Crippen LogP contribution in [0.5, 0.6) is 0 Å². The van der Waals surface area contributed by atoms with Crippen molar-refractivity contribution < 1.29 is 18.7 Å². The third kappa shape index (κ3) is 3.82. The molecule has 2 heterocycles. The number of hydrogen-bond donors (Lipinski definition) is 1. The zero-order valence-electron chi connectivity index (χ0n) is 13.0. The number of alkyl halides is 2. The van der Waals surface area contributed by atoms with Gasteiger partial charge in [-0.25, -0.2) is 0 Å². The lowest BCUT2D eigenvalue weighted by molar-refractivity contribution is 0.0321. The summed E-state index contributed by atoms with van der Waals surface area (Å²) in [7, 11) is 0. The van der Waals surface area contributed by atoms with E-state index in [0.717, 1.165) is 6.42 Å². The van der Waals surface area contributed by atoms with Gasteiger partial charge in [0.05, 0.1) is 6.10 Å². The average molecular weight is 315 g/mol. The van der Waals surface area contributed by atoms with Crippen LogP contribution in [0.4, 0.5) is 8.78 Å². The van der Waals surface area contributed by atoms with Gasteiger partial charge in [0, 0.05) is 19.3 Å². The first-order valence-corrected chi connectivity index (χ1v) is 7.69. The highest BCUT2D eigenvalue weighted by atomic mass is 19.3. The molecule has 1 aliphatic heterocycles. The van der Waals surface area contributed by atoms with Crippen molar-refractivity contribution in [3.8, 4) is 0 Å². The number of carbonyl (C=O) groups excluding carboxylic acids is 1. The summed E-state index contributed by atoms with van der Waals surface area (Å²) < 4.78 is 26.0. The maximum atomic E-state index is 12.8. The standard InChI is InChI=1S/C15H23F2N3O2/c1-10(2)9-13(21)11-4-7-19(8-5-11)14(22)12-3-6-18-20(12)15(16)17/h3,6,10-11,13,15,21H,4-5,7-9H2,1-2H3. The summed E-state index contributed by atoms with van der Waals surface area (Å²) in [6.07, 6.45) is 2.99.